The van der Waals surface area contributed by atoms with Crippen LogP contribution in [0.2, 0.25) is 10.0 Å². The number of rotatable bonds is 8. The number of allylic oxidation sites excluding steroid dienone is 2. The predicted octanol–water partition coefficient (Wildman–Crippen LogP) is 5.40. The minimum atomic E-state index is -0.506. The van der Waals surface area contributed by atoms with Crippen LogP contribution in [0.4, 0.5) is 16.5 Å². The van der Waals surface area contributed by atoms with Crippen LogP contribution in [0.1, 0.15) is 23.2 Å². The van der Waals surface area contributed by atoms with Gasteiger partial charge in [-0.25, -0.2) is 0 Å². The number of halogens is 2. The van der Waals surface area contributed by atoms with Crippen molar-refractivity contribution < 1.29 is 14.3 Å². The van der Waals surface area contributed by atoms with Gasteiger partial charge in [-0.1, -0.05) is 59.3 Å². The lowest BCUT2D eigenvalue weighted by molar-refractivity contribution is -0.115. The summed E-state index contributed by atoms with van der Waals surface area (Å²) in [5, 5.41) is 10.6. The number of carbonyl (C=O) groups is 2. The number of nitrogens with one attached hydrogen (secondary N) is 1. The fourth-order valence-corrected chi connectivity index (χ4v) is 5.22. The third-order valence-electron chi connectivity index (χ3n) is 6.28. The van der Waals surface area contributed by atoms with E-state index >= 15 is 0 Å². The number of nitrogens with two attached hydrogens (primary N) is 1. The lowest BCUT2D eigenvalue weighted by Gasteiger charge is -2.38. The molecule has 0 unspecified atom stereocenters. The van der Waals surface area contributed by atoms with E-state index in [2.05, 4.69) is 27.0 Å². The number of benzene rings is 2. The number of para-hydroxylation sites is 2. The first-order valence-corrected chi connectivity index (χ1v) is 13.7. The van der Waals surface area contributed by atoms with Gasteiger partial charge in [0.2, 0.25) is 5.13 Å². The fraction of sp³-hybridized carbons (Fsp3) is 0.185. The summed E-state index contributed by atoms with van der Waals surface area (Å²) in [5.74, 6) is -0.575. The molecule has 3 N–H and O–H groups in total. The Bertz CT molecular complexity index is 1490. The van der Waals surface area contributed by atoms with E-state index in [4.69, 9.17) is 33.7 Å². The van der Waals surface area contributed by atoms with Crippen LogP contribution < -0.4 is 25.6 Å². The second-order valence-corrected chi connectivity index (χ2v) is 10.4. The number of amides is 2. The molecule has 200 valence electrons. The fourth-order valence-electron chi connectivity index (χ4n) is 4.34. The summed E-state index contributed by atoms with van der Waals surface area (Å²) in [4.78, 5) is 30.5. The summed E-state index contributed by atoms with van der Waals surface area (Å²) in [7, 11) is 0. The average Bonchev–Trinajstić information content (AvgIpc) is 3.65. The van der Waals surface area contributed by atoms with Gasteiger partial charge < -0.3 is 20.3 Å². The second-order valence-electron chi connectivity index (χ2n) is 8.78. The Labute approximate surface area is 239 Å². The van der Waals surface area contributed by atoms with Gasteiger partial charge in [-0.05, 0) is 37.1 Å². The maximum Gasteiger partial charge on any atom is 0.263 e. The molecule has 5 rings (SSSR count). The molecule has 0 spiro atoms. The number of nitrogens with zero attached hydrogens (tertiary/aromatic N) is 4. The quantitative estimate of drug-likeness (QED) is 0.207. The molecular weight excluding hydrogens is 559 g/mol. The summed E-state index contributed by atoms with van der Waals surface area (Å²) >= 11 is 14.0. The molecule has 2 aromatic carbocycles. The molecule has 12 heteroatoms. The van der Waals surface area contributed by atoms with Crippen molar-refractivity contribution in [3.63, 3.8) is 0 Å². The predicted molar refractivity (Wildman–Crippen MR) is 155 cm³/mol. The molecule has 2 heterocycles. The van der Waals surface area contributed by atoms with Gasteiger partial charge >= 0.3 is 0 Å². The van der Waals surface area contributed by atoms with E-state index in [9.17, 15) is 9.59 Å². The normalized spacial score (nSPS) is 15.5. The summed E-state index contributed by atoms with van der Waals surface area (Å²) in [6.07, 6.45) is 6.51. The van der Waals surface area contributed by atoms with E-state index in [1.54, 1.807) is 4.90 Å². The highest BCUT2D eigenvalue weighted by Crippen LogP contribution is 2.41. The molecule has 9 nitrogen and oxygen atoms in total. The van der Waals surface area contributed by atoms with Crippen molar-refractivity contribution in [2.24, 2.45) is 5.73 Å². The van der Waals surface area contributed by atoms with Crippen LogP contribution in [0, 0.1) is 0 Å². The van der Waals surface area contributed by atoms with Crippen LogP contribution in [0.3, 0.4) is 0 Å². The summed E-state index contributed by atoms with van der Waals surface area (Å²) in [5.41, 5.74) is 9.53. The van der Waals surface area contributed by atoms with Crippen LogP contribution in [-0.4, -0.2) is 41.1 Å². The monoisotopic (exact) mass is 582 g/mol. The smallest absolute Gasteiger partial charge is 0.263 e. The summed E-state index contributed by atoms with van der Waals surface area (Å²) in [6.45, 7) is 4.95. The number of anilines is 3. The molecule has 0 radical (unpaired) electrons. The van der Waals surface area contributed by atoms with Gasteiger partial charge in [0.05, 0.1) is 32.6 Å². The number of ether oxygens (including phenoxy) is 1. The molecule has 1 saturated carbocycles. The van der Waals surface area contributed by atoms with Gasteiger partial charge in [-0.3, -0.25) is 14.9 Å². The highest BCUT2D eigenvalue weighted by Gasteiger charge is 2.36. The Kier molecular flexibility index (Phi) is 7.87. The van der Waals surface area contributed by atoms with Crippen molar-refractivity contribution in [3.05, 3.63) is 93.8 Å². The first kappa shape index (κ1) is 26.7. The zero-order chi connectivity index (χ0) is 27.5. The maximum atomic E-state index is 13.8. The van der Waals surface area contributed by atoms with E-state index < -0.39 is 5.91 Å². The molecule has 2 amide bonds. The third kappa shape index (κ3) is 5.63. The number of hydrogen-bond acceptors (Lipinski definition) is 8. The first-order chi connectivity index (χ1) is 18.9. The number of carbonyl (C=O) groups excluding carboxylic acids is 2. The lowest BCUT2D eigenvalue weighted by atomic mass is 10.1. The minimum Gasteiger partial charge on any atom is -0.455 e. The first-order valence-electron chi connectivity index (χ1n) is 12.1. The van der Waals surface area contributed by atoms with E-state index in [1.807, 2.05) is 24.3 Å². The van der Waals surface area contributed by atoms with Crippen LogP contribution >= 0.6 is 34.5 Å². The van der Waals surface area contributed by atoms with Crippen molar-refractivity contribution in [2.75, 3.05) is 28.2 Å². The molecule has 1 aliphatic carbocycles. The van der Waals surface area contributed by atoms with Crippen molar-refractivity contribution in [3.8, 4) is 5.75 Å². The van der Waals surface area contributed by atoms with Crippen molar-refractivity contribution in [1.82, 2.24) is 10.2 Å². The van der Waals surface area contributed by atoms with Gasteiger partial charge in [0.25, 0.3) is 11.8 Å². The van der Waals surface area contributed by atoms with Crippen LogP contribution in [-0.2, 0) is 4.79 Å². The molecule has 0 saturated heterocycles. The largest absolute Gasteiger partial charge is 0.455 e. The van der Waals surface area contributed by atoms with Gasteiger partial charge in [0.15, 0.2) is 0 Å². The average molecular weight is 584 g/mol. The molecule has 3 aromatic rings. The van der Waals surface area contributed by atoms with Gasteiger partial charge in [-0.15, -0.1) is 10.2 Å². The molecule has 0 bridgehead atoms. The molecule has 0 atom stereocenters. The standard InChI is InChI=1S/C27H24Cl2N6O3S/c1-2-5-23(38-24-13-19(28)17(12-20(24)29)25(36)32-27-33-31-15-39-27)18(14-30)26(37)35-11-10-34(16-8-9-16)21-6-3-4-7-22(21)35/h2-7,12-16H,1,8-11,30H2,(H,32,33,36)/b18-14+,23-5+. The van der Waals surface area contributed by atoms with Gasteiger partial charge in [0, 0.05) is 31.4 Å². The summed E-state index contributed by atoms with van der Waals surface area (Å²) < 4.78 is 6.04. The highest BCUT2D eigenvalue weighted by molar-refractivity contribution is 7.13. The van der Waals surface area contributed by atoms with E-state index in [0.717, 1.165) is 35.6 Å². The zero-order valence-corrected chi connectivity index (χ0v) is 23.0. The number of hydrogen-bond donors (Lipinski definition) is 2. The van der Waals surface area contributed by atoms with E-state index in [1.165, 1.54) is 36.0 Å². The molecule has 1 aliphatic heterocycles. The zero-order valence-electron chi connectivity index (χ0n) is 20.6. The lowest BCUT2D eigenvalue weighted by Crippen LogP contribution is -2.45. The molecule has 39 heavy (non-hydrogen) atoms. The maximum absolute atomic E-state index is 13.8. The summed E-state index contributed by atoms with van der Waals surface area (Å²) in [6, 6.07) is 11.1. The Morgan fingerprint density at radius 1 is 1.15 bits per heavy atom. The SMILES string of the molecule is C=C/C=C(Oc1cc(Cl)c(C(=O)Nc2nncs2)cc1Cl)\C(=C/N)C(=O)N1CCN(C2CC2)c2ccccc21. The van der Waals surface area contributed by atoms with Gasteiger partial charge in [-0.2, -0.15) is 0 Å². The van der Waals surface area contributed by atoms with Crippen molar-refractivity contribution in [2.45, 2.75) is 18.9 Å². The van der Waals surface area contributed by atoms with Crippen LogP contribution in [0.5, 0.6) is 5.75 Å². The Hall–Kier alpha value is -3.86. The Balaban J connectivity index is 1.39. The molecule has 1 fully saturated rings. The highest BCUT2D eigenvalue weighted by atomic mass is 35.5. The minimum absolute atomic E-state index is 0.0871. The van der Waals surface area contributed by atoms with E-state index in [-0.39, 0.29) is 38.6 Å². The van der Waals surface area contributed by atoms with Crippen molar-refractivity contribution in [1.29, 1.82) is 0 Å². The molecule has 2 aliphatic rings. The van der Waals surface area contributed by atoms with Crippen molar-refractivity contribution >= 4 is 62.9 Å². The van der Waals surface area contributed by atoms with Crippen LogP contribution in [0.15, 0.2) is 78.2 Å². The number of aromatic nitrogens is 2. The molecular formula is C27H24Cl2N6O3S. The topological polar surface area (TPSA) is 114 Å². The number of fused-ring (bicyclic) bond motifs is 1. The van der Waals surface area contributed by atoms with Crippen LogP contribution in [0.25, 0.3) is 0 Å². The van der Waals surface area contributed by atoms with Gasteiger partial charge in [0.1, 0.15) is 17.0 Å². The Morgan fingerprint density at radius 2 is 1.92 bits per heavy atom. The molecule has 1 aromatic heterocycles. The third-order valence-corrected chi connectivity index (χ3v) is 7.49. The Morgan fingerprint density at radius 3 is 2.59 bits per heavy atom. The van der Waals surface area contributed by atoms with E-state index in [0.29, 0.717) is 24.3 Å². The second kappa shape index (κ2) is 11.5.